The maximum absolute atomic E-state index is 12.6. The Morgan fingerprint density at radius 1 is 0.929 bits per heavy atom. The van der Waals surface area contributed by atoms with Crippen LogP contribution in [0.25, 0.3) is 10.8 Å². The van der Waals surface area contributed by atoms with Crippen LogP contribution in [0.5, 0.6) is 5.75 Å². The molecule has 3 rings (SSSR count). The molecule has 0 atom stereocenters. The highest BCUT2D eigenvalue weighted by atomic mass is 32.2. The minimum Gasteiger partial charge on any atom is -0.497 e. The highest BCUT2D eigenvalue weighted by Crippen LogP contribution is 2.23. The molecule has 148 valence electrons. The summed E-state index contributed by atoms with van der Waals surface area (Å²) >= 11 is 0. The molecule has 0 aliphatic heterocycles. The van der Waals surface area contributed by atoms with E-state index in [1.165, 1.54) is 11.1 Å². The minimum absolute atomic E-state index is 0.284. The number of sulfonamides is 1. The molecule has 0 bridgehead atoms. The number of hydrogen-bond acceptors (Lipinski definition) is 3. The molecule has 4 nitrogen and oxygen atoms in total. The van der Waals surface area contributed by atoms with Gasteiger partial charge in [-0.2, -0.15) is 0 Å². The lowest BCUT2D eigenvalue weighted by Gasteiger charge is -2.09. The average Bonchev–Trinajstić information content (AvgIpc) is 2.70. The van der Waals surface area contributed by atoms with Gasteiger partial charge in [0.2, 0.25) is 10.0 Å². The third-order valence-corrected chi connectivity index (χ3v) is 6.37. The van der Waals surface area contributed by atoms with E-state index in [1.807, 2.05) is 24.3 Å². The number of aryl methyl sites for hydroxylation is 1. The molecule has 0 fully saturated rings. The van der Waals surface area contributed by atoms with E-state index in [1.54, 1.807) is 19.2 Å². The van der Waals surface area contributed by atoms with E-state index in [0.717, 1.165) is 29.4 Å². The predicted molar refractivity (Wildman–Crippen MR) is 115 cm³/mol. The van der Waals surface area contributed by atoms with Crippen LogP contribution in [0.4, 0.5) is 0 Å². The molecule has 0 radical (unpaired) electrons. The van der Waals surface area contributed by atoms with Crippen LogP contribution < -0.4 is 9.46 Å². The van der Waals surface area contributed by atoms with Crippen molar-refractivity contribution in [2.24, 2.45) is 0 Å². The SMILES string of the molecule is COc1ccc2cc(S(=O)(=O)NCCCc3ccc(C(C)C)cc3)ccc2c1. The zero-order chi connectivity index (χ0) is 20.1. The molecule has 5 heteroatoms. The quantitative estimate of drug-likeness (QED) is 0.551. The van der Waals surface area contributed by atoms with Gasteiger partial charge in [0.15, 0.2) is 0 Å². The molecule has 0 amide bonds. The largest absolute Gasteiger partial charge is 0.497 e. The first kappa shape index (κ1) is 20.4. The number of ether oxygens (including phenoxy) is 1. The Bertz CT molecular complexity index is 1040. The fourth-order valence-electron chi connectivity index (χ4n) is 3.15. The highest BCUT2D eigenvalue weighted by Gasteiger charge is 2.14. The zero-order valence-electron chi connectivity index (χ0n) is 16.6. The monoisotopic (exact) mass is 397 g/mol. The Labute approximate surface area is 167 Å². The topological polar surface area (TPSA) is 55.4 Å². The van der Waals surface area contributed by atoms with Gasteiger partial charge in [-0.05, 0) is 64.9 Å². The lowest BCUT2D eigenvalue weighted by molar-refractivity contribution is 0.415. The van der Waals surface area contributed by atoms with Crippen LogP contribution in [0.2, 0.25) is 0 Å². The Kier molecular flexibility index (Phi) is 6.37. The van der Waals surface area contributed by atoms with Crippen molar-refractivity contribution in [3.63, 3.8) is 0 Å². The average molecular weight is 398 g/mol. The number of hydrogen-bond donors (Lipinski definition) is 1. The van der Waals surface area contributed by atoms with E-state index in [9.17, 15) is 8.42 Å². The van der Waals surface area contributed by atoms with E-state index in [2.05, 4.69) is 42.8 Å². The van der Waals surface area contributed by atoms with Gasteiger partial charge in [-0.3, -0.25) is 0 Å². The first-order chi connectivity index (χ1) is 13.4. The second-order valence-corrected chi connectivity index (χ2v) is 9.04. The molecule has 0 aliphatic carbocycles. The summed E-state index contributed by atoms with van der Waals surface area (Å²) < 4.78 is 33.1. The first-order valence-electron chi connectivity index (χ1n) is 9.55. The van der Waals surface area contributed by atoms with Crippen molar-refractivity contribution in [3.05, 3.63) is 71.8 Å². The first-order valence-corrected chi connectivity index (χ1v) is 11.0. The third-order valence-electron chi connectivity index (χ3n) is 4.91. The Hall–Kier alpha value is -2.37. The van der Waals surface area contributed by atoms with Gasteiger partial charge < -0.3 is 4.74 Å². The summed E-state index contributed by atoms with van der Waals surface area (Å²) in [6, 6.07) is 19.3. The van der Waals surface area contributed by atoms with Crippen LogP contribution in [-0.4, -0.2) is 22.1 Å². The van der Waals surface area contributed by atoms with Gasteiger partial charge >= 0.3 is 0 Å². The predicted octanol–water partition coefficient (Wildman–Crippen LogP) is 4.88. The van der Waals surface area contributed by atoms with Crippen molar-refractivity contribution in [2.75, 3.05) is 13.7 Å². The molecule has 28 heavy (non-hydrogen) atoms. The van der Waals surface area contributed by atoms with E-state index < -0.39 is 10.0 Å². The van der Waals surface area contributed by atoms with E-state index >= 15 is 0 Å². The normalized spacial score (nSPS) is 11.9. The summed E-state index contributed by atoms with van der Waals surface area (Å²) in [7, 11) is -1.91. The van der Waals surface area contributed by atoms with Gasteiger partial charge in [0.25, 0.3) is 0 Å². The Morgan fingerprint density at radius 3 is 2.29 bits per heavy atom. The van der Waals surface area contributed by atoms with Crippen molar-refractivity contribution < 1.29 is 13.2 Å². The molecule has 3 aromatic carbocycles. The number of methoxy groups -OCH3 is 1. The van der Waals surface area contributed by atoms with Crippen molar-refractivity contribution in [1.29, 1.82) is 0 Å². The maximum atomic E-state index is 12.6. The van der Waals surface area contributed by atoms with Crippen LogP contribution in [0.15, 0.2) is 65.6 Å². The van der Waals surface area contributed by atoms with Crippen molar-refractivity contribution in [3.8, 4) is 5.75 Å². The van der Waals surface area contributed by atoms with Crippen LogP contribution in [0.3, 0.4) is 0 Å². The van der Waals surface area contributed by atoms with Gasteiger partial charge in [-0.25, -0.2) is 13.1 Å². The lowest BCUT2D eigenvalue weighted by atomic mass is 10.0. The number of benzene rings is 3. The molecule has 3 aromatic rings. The van der Waals surface area contributed by atoms with E-state index in [4.69, 9.17) is 4.74 Å². The molecule has 0 unspecified atom stereocenters. The van der Waals surface area contributed by atoms with Gasteiger partial charge in [-0.1, -0.05) is 50.2 Å². The smallest absolute Gasteiger partial charge is 0.240 e. The number of nitrogens with one attached hydrogen (secondary N) is 1. The highest BCUT2D eigenvalue weighted by molar-refractivity contribution is 7.89. The van der Waals surface area contributed by atoms with E-state index in [-0.39, 0.29) is 4.90 Å². The van der Waals surface area contributed by atoms with Crippen molar-refractivity contribution in [1.82, 2.24) is 4.72 Å². The second-order valence-electron chi connectivity index (χ2n) is 7.27. The van der Waals surface area contributed by atoms with Crippen molar-refractivity contribution in [2.45, 2.75) is 37.5 Å². The van der Waals surface area contributed by atoms with Gasteiger partial charge in [0.05, 0.1) is 12.0 Å². The summed E-state index contributed by atoms with van der Waals surface area (Å²) in [6.45, 7) is 4.76. The van der Waals surface area contributed by atoms with Crippen LogP contribution in [-0.2, 0) is 16.4 Å². The Balaban J connectivity index is 1.59. The second kappa shape index (κ2) is 8.76. The van der Waals surface area contributed by atoms with Gasteiger partial charge in [0.1, 0.15) is 5.75 Å². The maximum Gasteiger partial charge on any atom is 0.240 e. The molecule has 0 spiro atoms. The fraction of sp³-hybridized carbons (Fsp3) is 0.304. The summed E-state index contributed by atoms with van der Waals surface area (Å²) in [5.41, 5.74) is 2.54. The summed E-state index contributed by atoms with van der Waals surface area (Å²) in [6.07, 6.45) is 1.60. The molecular formula is C23H27NO3S. The molecule has 0 saturated carbocycles. The molecule has 1 N–H and O–H groups in total. The van der Waals surface area contributed by atoms with Gasteiger partial charge in [0, 0.05) is 6.54 Å². The number of fused-ring (bicyclic) bond motifs is 1. The third kappa shape index (κ3) is 4.91. The van der Waals surface area contributed by atoms with Crippen LogP contribution in [0.1, 0.15) is 37.3 Å². The standard InChI is InChI=1S/C23H27NO3S/c1-17(2)19-8-6-18(7-9-19)5-4-14-24-28(25,26)23-13-11-20-15-22(27-3)12-10-21(20)16-23/h6-13,15-17,24H,4-5,14H2,1-3H3. The molecule has 0 saturated heterocycles. The fourth-order valence-corrected chi connectivity index (χ4v) is 4.26. The van der Waals surface area contributed by atoms with Gasteiger partial charge in [-0.15, -0.1) is 0 Å². The summed E-state index contributed by atoms with van der Waals surface area (Å²) in [5, 5.41) is 1.82. The summed E-state index contributed by atoms with van der Waals surface area (Å²) in [4.78, 5) is 0.284. The summed E-state index contributed by atoms with van der Waals surface area (Å²) in [5.74, 6) is 1.27. The lowest BCUT2D eigenvalue weighted by Crippen LogP contribution is -2.25. The number of rotatable bonds is 8. The molecule has 0 aliphatic rings. The molecular weight excluding hydrogens is 370 g/mol. The molecule has 0 heterocycles. The van der Waals surface area contributed by atoms with Crippen molar-refractivity contribution >= 4 is 20.8 Å². The minimum atomic E-state index is -3.52. The Morgan fingerprint density at radius 2 is 1.61 bits per heavy atom. The van der Waals surface area contributed by atoms with E-state index in [0.29, 0.717) is 12.5 Å². The molecule has 0 aromatic heterocycles. The van der Waals surface area contributed by atoms with Crippen LogP contribution in [0, 0.1) is 0 Å². The van der Waals surface area contributed by atoms with Crippen LogP contribution >= 0.6 is 0 Å². The zero-order valence-corrected chi connectivity index (χ0v) is 17.4.